The zero-order valence-corrected chi connectivity index (χ0v) is 22.0. The third kappa shape index (κ3) is 10.1. The Labute approximate surface area is 206 Å². The van der Waals surface area contributed by atoms with Crippen LogP contribution in [0.1, 0.15) is 84.6 Å². The fraction of sp³-hybridized carbons (Fsp3) is 0.714. The van der Waals surface area contributed by atoms with Gasteiger partial charge in [0.2, 0.25) is 11.8 Å². The summed E-state index contributed by atoms with van der Waals surface area (Å²) in [6, 6.07) is 6.37. The Balaban J connectivity index is 1.74. The lowest BCUT2D eigenvalue weighted by molar-refractivity contribution is -0.140. The summed E-state index contributed by atoms with van der Waals surface area (Å²) in [5.41, 5.74) is 0.459. The van der Waals surface area contributed by atoms with Crippen LogP contribution in [0, 0.1) is 11.2 Å². The maximum atomic E-state index is 13.3. The smallest absolute Gasteiger partial charge is 0.228 e. The third-order valence-electron chi connectivity index (χ3n) is 6.62. The first-order valence-corrected chi connectivity index (χ1v) is 13.2. The van der Waals surface area contributed by atoms with Crippen LogP contribution in [0.3, 0.4) is 0 Å². The number of halogens is 1. The van der Waals surface area contributed by atoms with Crippen LogP contribution in [0.15, 0.2) is 24.3 Å². The number of unbranched alkanes of at least 4 members (excludes halogenated alkanes) is 6. The van der Waals surface area contributed by atoms with Crippen LogP contribution < -0.4 is 0 Å². The highest BCUT2D eigenvalue weighted by Crippen LogP contribution is 2.20. The number of hydrogen-bond donors (Lipinski definition) is 0. The predicted molar refractivity (Wildman–Crippen MR) is 137 cm³/mol. The molecule has 0 aliphatic carbocycles. The van der Waals surface area contributed by atoms with Gasteiger partial charge in [0.15, 0.2) is 0 Å². The van der Waals surface area contributed by atoms with E-state index < -0.39 is 5.41 Å². The van der Waals surface area contributed by atoms with Crippen LogP contribution in [-0.4, -0.2) is 65.8 Å². The monoisotopic (exact) mass is 475 g/mol. The number of benzene rings is 1. The van der Waals surface area contributed by atoms with Crippen LogP contribution >= 0.6 is 0 Å². The van der Waals surface area contributed by atoms with E-state index >= 15 is 0 Å². The Hall–Kier alpha value is -1.95. The highest BCUT2D eigenvalue weighted by atomic mass is 19.1. The van der Waals surface area contributed by atoms with Crippen molar-refractivity contribution >= 4 is 11.8 Å². The van der Waals surface area contributed by atoms with Gasteiger partial charge in [-0.25, -0.2) is 4.39 Å². The number of piperazine rings is 1. The van der Waals surface area contributed by atoms with Gasteiger partial charge in [-0.2, -0.15) is 0 Å². The van der Waals surface area contributed by atoms with E-state index in [1.54, 1.807) is 12.1 Å². The molecule has 0 N–H and O–H groups in total. The normalized spacial score (nSPS) is 14.9. The summed E-state index contributed by atoms with van der Waals surface area (Å²) in [7, 11) is 0. The largest absolute Gasteiger partial charge is 0.340 e. The van der Waals surface area contributed by atoms with E-state index in [0.29, 0.717) is 19.5 Å². The van der Waals surface area contributed by atoms with Gasteiger partial charge in [0.05, 0.1) is 0 Å². The van der Waals surface area contributed by atoms with Gasteiger partial charge in [-0.15, -0.1) is 0 Å². The molecule has 5 nitrogen and oxygen atoms in total. The Bertz CT molecular complexity index is 737. The molecule has 1 saturated heterocycles. The average Bonchev–Trinajstić information content (AvgIpc) is 2.81. The molecular weight excluding hydrogens is 429 g/mol. The summed E-state index contributed by atoms with van der Waals surface area (Å²) in [5, 5.41) is 0. The van der Waals surface area contributed by atoms with Crippen LogP contribution in [0.4, 0.5) is 4.39 Å². The molecule has 192 valence electrons. The predicted octanol–water partition coefficient (Wildman–Crippen LogP) is 5.49. The molecule has 0 spiro atoms. The minimum absolute atomic E-state index is 0.0975. The SMILES string of the molecule is CCCCCCCCCC(=O)N1CCN(CCN(Cc2ccc(F)cc2)C(=O)C(C)(C)C)CC1. The number of carbonyl (C=O) groups is 2. The van der Waals surface area contributed by atoms with E-state index in [1.807, 2.05) is 30.6 Å². The topological polar surface area (TPSA) is 43.9 Å². The molecule has 0 radical (unpaired) electrons. The zero-order chi connectivity index (χ0) is 25.0. The number of amides is 2. The van der Waals surface area contributed by atoms with E-state index in [2.05, 4.69) is 11.8 Å². The minimum atomic E-state index is -0.471. The second-order valence-electron chi connectivity index (χ2n) is 10.7. The van der Waals surface area contributed by atoms with Crippen molar-refractivity contribution in [3.63, 3.8) is 0 Å². The molecule has 1 aliphatic heterocycles. The Kier molecular flexibility index (Phi) is 12.0. The molecule has 0 bridgehead atoms. The van der Waals surface area contributed by atoms with Gasteiger partial charge in [-0.1, -0.05) is 78.4 Å². The fourth-order valence-electron chi connectivity index (χ4n) is 4.41. The highest BCUT2D eigenvalue weighted by Gasteiger charge is 2.28. The molecule has 1 aromatic carbocycles. The third-order valence-corrected chi connectivity index (χ3v) is 6.62. The molecule has 0 aromatic heterocycles. The fourth-order valence-corrected chi connectivity index (χ4v) is 4.41. The Morgan fingerprint density at radius 2 is 1.50 bits per heavy atom. The standard InChI is InChI=1S/C28H46FN3O2/c1-5-6-7-8-9-10-11-12-26(33)31-20-17-30(18-21-31)19-22-32(27(34)28(2,3)4)23-24-13-15-25(29)16-14-24/h13-16H,5-12,17-23H2,1-4H3. The summed E-state index contributed by atoms with van der Waals surface area (Å²) < 4.78 is 13.3. The molecule has 1 aromatic rings. The van der Waals surface area contributed by atoms with E-state index in [4.69, 9.17) is 0 Å². The van der Waals surface area contributed by atoms with Crippen molar-refractivity contribution in [1.82, 2.24) is 14.7 Å². The van der Waals surface area contributed by atoms with Gasteiger partial charge in [0.1, 0.15) is 5.82 Å². The molecule has 1 aliphatic rings. The summed E-state index contributed by atoms with van der Waals surface area (Å²) in [5.74, 6) is 0.117. The molecule has 0 unspecified atom stereocenters. The molecule has 2 rings (SSSR count). The van der Waals surface area contributed by atoms with Crippen molar-refractivity contribution in [2.75, 3.05) is 39.3 Å². The molecule has 2 amide bonds. The highest BCUT2D eigenvalue weighted by molar-refractivity contribution is 5.81. The van der Waals surface area contributed by atoms with Gasteiger partial charge in [-0.3, -0.25) is 14.5 Å². The molecule has 0 atom stereocenters. The first-order chi connectivity index (χ1) is 16.2. The second kappa shape index (κ2) is 14.4. The number of hydrogen-bond acceptors (Lipinski definition) is 3. The zero-order valence-electron chi connectivity index (χ0n) is 22.0. The van der Waals surface area contributed by atoms with E-state index in [1.165, 1.54) is 44.2 Å². The minimum Gasteiger partial charge on any atom is -0.340 e. The number of nitrogens with zero attached hydrogens (tertiary/aromatic N) is 3. The van der Waals surface area contributed by atoms with Crippen molar-refractivity contribution in [2.45, 2.75) is 85.6 Å². The van der Waals surface area contributed by atoms with Crippen LogP contribution in [0.25, 0.3) is 0 Å². The number of rotatable bonds is 13. The molecule has 1 fully saturated rings. The summed E-state index contributed by atoms with van der Waals surface area (Å²) in [6.07, 6.45) is 9.24. The van der Waals surface area contributed by atoms with E-state index in [9.17, 15) is 14.0 Å². The maximum Gasteiger partial charge on any atom is 0.228 e. The summed E-state index contributed by atoms with van der Waals surface area (Å²) >= 11 is 0. The quantitative estimate of drug-likeness (QED) is 0.355. The summed E-state index contributed by atoms with van der Waals surface area (Å²) in [6.45, 7) is 13.1. The molecular formula is C28H46FN3O2. The van der Waals surface area contributed by atoms with Crippen molar-refractivity contribution in [3.05, 3.63) is 35.6 Å². The maximum absolute atomic E-state index is 13.3. The molecule has 0 saturated carbocycles. The van der Waals surface area contributed by atoms with Crippen molar-refractivity contribution in [2.24, 2.45) is 5.41 Å². The van der Waals surface area contributed by atoms with Crippen molar-refractivity contribution in [1.29, 1.82) is 0 Å². The van der Waals surface area contributed by atoms with Crippen LogP contribution in [0.5, 0.6) is 0 Å². The lowest BCUT2D eigenvalue weighted by Crippen LogP contribution is -2.51. The first-order valence-electron chi connectivity index (χ1n) is 13.2. The first kappa shape index (κ1) is 28.3. The molecule has 1 heterocycles. The Morgan fingerprint density at radius 1 is 0.912 bits per heavy atom. The van der Waals surface area contributed by atoms with Crippen molar-refractivity contribution < 1.29 is 14.0 Å². The molecule has 34 heavy (non-hydrogen) atoms. The lowest BCUT2D eigenvalue weighted by atomic mass is 9.94. The summed E-state index contributed by atoms with van der Waals surface area (Å²) in [4.78, 5) is 31.8. The molecule has 6 heteroatoms. The Morgan fingerprint density at radius 3 is 2.09 bits per heavy atom. The van der Waals surface area contributed by atoms with E-state index in [0.717, 1.165) is 51.1 Å². The van der Waals surface area contributed by atoms with Gasteiger partial charge in [-0.05, 0) is 24.1 Å². The lowest BCUT2D eigenvalue weighted by Gasteiger charge is -2.37. The van der Waals surface area contributed by atoms with Crippen molar-refractivity contribution in [3.8, 4) is 0 Å². The number of carbonyl (C=O) groups excluding carboxylic acids is 2. The van der Waals surface area contributed by atoms with Crippen LogP contribution in [-0.2, 0) is 16.1 Å². The van der Waals surface area contributed by atoms with Gasteiger partial charge >= 0.3 is 0 Å². The van der Waals surface area contributed by atoms with Gasteiger partial charge in [0.25, 0.3) is 0 Å². The van der Waals surface area contributed by atoms with E-state index in [-0.39, 0.29) is 17.6 Å². The second-order valence-corrected chi connectivity index (χ2v) is 10.7. The van der Waals surface area contributed by atoms with Crippen LogP contribution in [0.2, 0.25) is 0 Å². The average molecular weight is 476 g/mol. The van der Waals surface area contributed by atoms with Gasteiger partial charge in [0, 0.05) is 57.6 Å². The van der Waals surface area contributed by atoms with Gasteiger partial charge < -0.3 is 9.80 Å².